The summed E-state index contributed by atoms with van der Waals surface area (Å²) in [6, 6.07) is 17.6. The first-order valence-corrected chi connectivity index (χ1v) is 9.14. The summed E-state index contributed by atoms with van der Waals surface area (Å²) >= 11 is 0. The molecule has 7 heteroatoms. The van der Waals surface area contributed by atoms with Gasteiger partial charge in [-0.05, 0) is 36.4 Å². The first-order chi connectivity index (χ1) is 13.7. The summed E-state index contributed by atoms with van der Waals surface area (Å²) in [5, 5.41) is 2.66. The van der Waals surface area contributed by atoms with Crippen LogP contribution in [-0.2, 0) is 0 Å². The van der Waals surface area contributed by atoms with Gasteiger partial charge in [0.1, 0.15) is 11.5 Å². The molecule has 2 aromatic carbocycles. The van der Waals surface area contributed by atoms with Crippen molar-refractivity contribution in [3.63, 3.8) is 0 Å². The minimum atomic E-state index is -0.405. The minimum Gasteiger partial charge on any atom is -0.368 e. The lowest BCUT2D eigenvalue weighted by Gasteiger charge is -2.36. The van der Waals surface area contributed by atoms with E-state index in [1.165, 1.54) is 17.8 Å². The lowest BCUT2D eigenvalue weighted by atomic mass is 10.2. The van der Waals surface area contributed by atoms with Crippen LogP contribution in [-0.4, -0.2) is 42.1 Å². The molecule has 28 heavy (non-hydrogen) atoms. The van der Waals surface area contributed by atoms with E-state index in [9.17, 15) is 9.18 Å². The Kier molecular flexibility index (Phi) is 5.14. The Morgan fingerprint density at radius 3 is 2.43 bits per heavy atom. The minimum absolute atomic E-state index is 0.250. The van der Waals surface area contributed by atoms with Gasteiger partial charge in [0.2, 0.25) is 5.95 Å². The topological polar surface area (TPSA) is 61.4 Å². The fraction of sp³-hybridized carbons (Fsp3) is 0.190. The SMILES string of the molecule is O=C(Nc1cccc(F)c1)c1ccnc(N2CCN(c3ccccc3)CC2)n1. The molecule has 4 rings (SSSR count). The van der Waals surface area contributed by atoms with Crippen molar-refractivity contribution < 1.29 is 9.18 Å². The smallest absolute Gasteiger partial charge is 0.274 e. The number of carbonyl (C=O) groups excluding carboxylic acids is 1. The van der Waals surface area contributed by atoms with E-state index >= 15 is 0 Å². The molecule has 0 radical (unpaired) electrons. The molecule has 0 saturated carbocycles. The molecular formula is C21H20FN5O. The van der Waals surface area contributed by atoms with Gasteiger partial charge in [0.05, 0.1) is 0 Å². The van der Waals surface area contributed by atoms with E-state index in [1.807, 2.05) is 18.2 Å². The van der Waals surface area contributed by atoms with Crippen molar-refractivity contribution in [2.75, 3.05) is 41.3 Å². The van der Waals surface area contributed by atoms with Crippen LogP contribution in [0.25, 0.3) is 0 Å². The van der Waals surface area contributed by atoms with E-state index in [0.29, 0.717) is 11.6 Å². The zero-order valence-corrected chi connectivity index (χ0v) is 15.3. The highest BCUT2D eigenvalue weighted by Crippen LogP contribution is 2.18. The number of piperazine rings is 1. The number of carbonyl (C=O) groups is 1. The van der Waals surface area contributed by atoms with Gasteiger partial charge in [-0.1, -0.05) is 24.3 Å². The third kappa shape index (κ3) is 4.09. The second kappa shape index (κ2) is 8.04. The zero-order chi connectivity index (χ0) is 19.3. The predicted octanol–water partition coefficient (Wildman–Crippen LogP) is 3.19. The van der Waals surface area contributed by atoms with Crippen molar-refractivity contribution in [1.29, 1.82) is 0 Å². The average molecular weight is 377 g/mol. The van der Waals surface area contributed by atoms with Crippen LogP contribution in [0, 0.1) is 5.82 Å². The van der Waals surface area contributed by atoms with E-state index in [2.05, 4.69) is 37.2 Å². The fourth-order valence-electron chi connectivity index (χ4n) is 3.19. The van der Waals surface area contributed by atoms with Crippen molar-refractivity contribution in [3.8, 4) is 0 Å². The quantitative estimate of drug-likeness (QED) is 0.757. The number of benzene rings is 2. The first kappa shape index (κ1) is 17.9. The molecule has 1 aromatic heterocycles. The normalized spacial score (nSPS) is 14.0. The summed E-state index contributed by atoms with van der Waals surface area (Å²) in [6.45, 7) is 3.24. The maximum atomic E-state index is 13.3. The molecule has 1 N–H and O–H groups in total. The molecule has 1 aliphatic rings. The number of para-hydroxylation sites is 1. The summed E-state index contributed by atoms with van der Waals surface area (Å²) in [6.07, 6.45) is 1.58. The van der Waals surface area contributed by atoms with Gasteiger partial charge >= 0.3 is 0 Å². The molecule has 3 aromatic rings. The van der Waals surface area contributed by atoms with Crippen molar-refractivity contribution in [3.05, 3.63) is 78.4 Å². The average Bonchev–Trinajstić information content (AvgIpc) is 2.75. The monoisotopic (exact) mass is 377 g/mol. The number of hydrogen-bond donors (Lipinski definition) is 1. The molecule has 0 spiro atoms. The Morgan fingerprint density at radius 2 is 1.68 bits per heavy atom. The molecule has 0 atom stereocenters. The zero-order valence-electron chi connectivity index (χ0n) is 15.3. The van der Waals surface area contributed by atoms with Crippen LogP contribution in [0.4, 0.5) is 21.7 Å². The Morgan fingerprint density at radius 1 is 0.929 bits per heavy atom. The number of nitrogens with one attached hydrogen (secondary N) is 1. The van der Waals surface area contributed by atoms with Gasteiger partial charge in [0.25, 0.3) is 5.91 Å². The summed E-state index contributed by atoms with van der Waals surface area (Å²) in [5.41, 5.74) is 1.84. The van der Waals surface area contributed by atoms with Gasteiger partial charge in [-0.25, -0.2) is 14.4 Å². The first-order valence-electron chi connectivity index (χ1n) is 9.14. The van der Waals surface area contributed by atoms with Gasteiger partial charge in [-0.15, -0.1) is 0 Å². The number of hydrogen-bond acceptors (Lipinski definition) is 5. The molecule has 1 aliphatic heterocycles. The van der Waals surface area contributed by atoms with E-state index < -0.39 is 11.7 Å². The third-order valence-corrected chi connectivity index (χ3v) is 4.64. The Labute approximate surface area is 162 Å². The van der Waals surface area contributed by atoms with Gasteiger partial charge in [-0.3, -0.25) is 4.79 Å². The third-order valence-electron chi connectivity index (χ3n) is 4.64. The van der Waals surface area contributed by atoms with E-state index in [1.54, 1.807) is 24.4 Å². The lowest BCUT2D eigenvalue weighted by Crippen LogP contribution is -2.47. The molecular weight excluding hydrogens is 357 g/mol. The van der Waals surface area contributed by atoms with Crippen LogP contribution in [0.1, 0.15) is 10.5 Å². The predicted molar refractivity (Wildman–Crippen MR) is 107 cm³/mol. The Balaban J connectivity index is 1.42. The van der Waals surface area contributed by atoms with Gasteiger partial charge in [-0.2, -0.15) is 0 Å². The molecule has 0 aliphatic carbocycles. The molecule has 1 fully saturated rings. The number of halogens is 1. The van der Waals surface area contributed by atoms with Gasteiger partial charge in [0.15, 0.2) is 0 Å². The van der Waals surface area contributed by atoms with Crippen molar-refractivity contribution in [2.45, 2.75) is 0 Å². The van der Waals surface area contributed by atoms with Crippen LogP contribution >= 0.6 is 0 Å². The Hall–Kier alpha value is -3.48. The summed E-state index contributed by atoms with van der Waals surface area (Å²) in [4.78, 5) is 25.6. The second-order valence-corrected chi connectivity index (χ2v) is 6.52. The van der Waals surface area contributed by atoms with Crippen molar-refractivity contribution in [1.82, 2.24) is 9.97 Å². The molecule has 1 amide bonds. The van der Waals surface area contributed by atoms with Crippen LogP contribution < -0.4 is 15.1 Å². The maximum Gasteiger partial charge on any atom is 0.274 e. The number of aromatic nitrogens is 2. The summed E-state index contributed by atoms with van der Waals surface area (Å²) in [7, 11) is 0. The van der Waals surface area contributed by atoms with E-state index in [4.69, 9.17) is 0 Å². The molecule has 1 saturated heterocycles. The highest BCUT2D eigenvalue weighted by molar-refractivity contribution is 6.02. The molecule has 142 valence electrons. The van der Waals surface area contributed by atoms with E-state index in [0.717, 1.165) is 26.2 Å². The standard InChI is InChI=1S/C21H20FN5O/c22-16-5-4-6-17(15-16)24-20(28)19-9-10-23-21(25-19)27-13-11-26(12-14-27)18-7-2-1-3-8-18/h1-10,15H,11-14H2,(H,24,28). The second-order valence-electron chi connectivity index (χ2n) is 6.52. The van der Waals surface area contributed by atoms with Crippen molar-refractivity contribution in [2.24, 2.45) is 0 Å². The van der Waals surface area contributed by atoms with Crippen molar-refractivity contribution >= 4 is 23.2 Å². The fourth-order valence-corrected chi connectivity index (χ4v) is 3.19. The maximum absolute atomic E-state index is 13.3. The summed E-state index contributed by atoms with van der Waals surface area (Å²) in [5.74, 6) is -0.269. The molecule has 6 nitrogen and oxygen atoms in total. The number of anilines is 3. The van der Waals surface area contributed by atoms with Gasteiger partial charge < -0.3 is 15.1 Å². The summed E-state index contributed by atoms with van der Waals surface area (Å²) < 4.78 is 13.3. The lowest BCUT2D eigenvalue weighted by molar-refractivity contribution is 0.102. The van der Waals surface area contributed by atoms with E-state index in [-0.39, 0.29) is 5.69 Å². The molecule has 0 unspecified atom stereocenters. The van der Waals surface area contributed by atoms with Crippen LogP contribution in [0.15, 0.2) is 66.9 Å². The highest BCUT2D eigenvalue weighted by atomic mass is 19.1. The van der Waals surface area contributed by atoms with Gasteiger partial charge in [0, 0.05) is 43.8 Å². The highest BCUT2D eigenvalue weighted by Gasteiger charge is 2.20. The number of rotatable bonds is 4. The Bertz CT molecular complexity index is 958. The molecule has 0 bridgehead atoms. The van der Waals surface area contributed by atoms with Crippen LogP contribution in [0.5, 0.6) is 0 Å². The number of amides is 1. The largest absolute Gasteiger partial charge is 0.368 e. The molecule has 2 heterocycles. The van der Waals surface area contributed by atoms with Crippen LogP contribution in [0.3, 0.4) is 0 Å². The number of nitrogens with zero attached hydrogens (tertiary/aromatic N) is 4. The van der Waals surface area contributed by atoms with Crippen LogP contribution in [0.2, 0.25) is 0 Å².